The highest BCUT2D eigenvalue weighted by molar-refractivity contribution is 6.35. The van der Waals surface area contributed by atoms with Crippen LogP contribution in [0.1, 0.15) is 21.5 Å². The number of pyridine rings is 1. The van der Waals surface area contributed by atoms with Crippen LogP contribution in [0.3, 0.4) is 0 Å². The Balaban J connectivity index is 1.52. The smallest absolute Gasteiger partial charge is 0.256 e. The minimum absolute atomic E-state index is 0.196. The molecule has 0 atom stereocenters. The quantitative estimate of drug-likeness (QED) is 0.463. The summed E-state index contributed by atoms with van der Waals surface area (Å²) in [5.41, 5.74) is 4.73. The summed E-state index contributed by atoms with van der Waals surface area (Å²) in [6.07, 6.45) is 5.35. The molecular weight excluding hydrogens is 364 g/mol. The number of amides is 2. The molecule has 2 aromatic carbocycles. The number of hydrogen-bond donors (Lipinski definition) is 3. The number of para-hydroxylation sites is 1. The van der Waals surface area contributed by atoms with E-state index >= 15 is 0 Å². The Kier molecular flexibility index (Phi) is 3.95. The van der Waals surface area contributed by atoms with Crippen molar-refractivity contribution in [2.75, 3.05) is 10.6 Å². The normalized spacial score (nSPS) is 14.1. The Morgan fingerprint density at radius 1 is 1.03 bits per heavy atom. The Bertz CT molecular complexity index is 1290. The van der Waals surface area contributed by atoms with Gasteiger partial charge in [0.1, 0.15) is 5.65 Å². The van der Waals surface area contributed by atoms with Gasteiger partial charge in [-0.05, 0) is 48.5 Å². The summed E-state index contributed by atoms with van der Waals surface area (Å²) < 4.78 is 0. The zero-order chi connectivity index (χ0) is 19.8. The molecule has 0 radical (unpaired) electrons. The van der Waals surface area contributed by atoms with Crippen molar-refractivity contribution < 1.29 is 9.59 Å². The number of fused-ring (bicyclic) bond motifs is 2. The highest BCUT2D eigenvalue weighted by Gasteiger charge is 2.25. The van der Waals surface area contributed by atoms with Crippen LogP contribution in [0.5, 0.6) is 0 Å². The number of nitrogens with one attached hydrogen (secondary N) is 3. The molecule has 140 valence electrons. The highest BCUT2D eigenvalue weighted by atomic mass is 16.2. The lowest BCUT2D eigenvalue weighted by molar-refractivity contribution is -0.110. The van der Waals surface area contributed by atoms with Crippen LogP contribution in [0.4, 0.5) is 11.4 Å². The highest BCUT2D eigenvalue weighted by Crippen LogP contribution is 2.35. The molecule has 0 aliphatic carbocycles. The number of H-pyrrole nitrogens is 1. The van der Waals surface area contributed by atoms with E-state index < -0.39 is 0 Å². The van der Waals surface area contributed by atoms with Crippen molar-refractivity contribution in [3.05, 3.63) is 89.7 Å². The predicted octanol–water partition coefficient (Wildman–Crippen LogP) is 4.31. The fourth-order valence-corrected chi connectivity index (χ4v) is 3.45. The van der Waals surface area contributed by atoms with E-state index in [0.29, 0.717) is 28.1 Å². The van der Waals surface area contributed by atoms with Crippen LogP contribution < -0.4 is 10.6 Å². The largest absolute Gasteiger partial charge is 0.346 e. The van der Waals surface area contributed by atoms with Crippen molar-refractivity contribution >= 4 is 45.9 Å². The van der Waals surface area contributed by atoms with Crippen LogP contribution >= 0.6 is 0 Å². The molecular formula is C23H16N4O2. The summed E-state index contributed by atoms with van der Waals surface area (Å²) in [4.78, 5) is 32.6. The molecule has 2 aromatic heterocycles. The molecule has 0 saturated carbocycles. The minimum atomic E-state index is -0.228. The second kappa shape index (κ2) is 6.76. The molecule has 3 heterocycles. The fourth-order valence-electron chi connectivity index (χ4n) is 3.45. The van der Waals surface area contributed by atoms with Crippen LogP contribution in [0, 0.1) is 0 Å². The molecule has 0 fully saturated rings. The molecule has 1 aliphatic rings. The van der Waals surface area contributed by atoms with Gasteiger partial charge in [0.15, 0.2) is 0 Å². The lowest BCUT2D eigenvalue weighted by atomic mass is 10.0. The van der Waals surface area contributed by atoms with E-state index in [9.17, 15) is 9.59 Å². The third-order valence-corrected chi connectivity index (χ3v) is 4.88. The van der Waals surface area contributed by atoms with Gasteiger partial charge in [0.05, 0.1) is 0 Å². The van der Waals surface area contributed by atoms with Gasteiger partial charge >= 0.3 is 0 Å². The molecule has 0 saturated heterocycles. The zero-order valence-electron chi connectivity index (χ0n) is 15.3. The zero-order valence-corrected chi connectivity index (χ0v) is 15.3. The summed E-state index contributed by atoms with van der Waals surface area (Å²) in [7, 11) is 0. The molecule has 6 nitrogen and oxygen atoms in total. The Hall–Kier alpha value is -4.19. The number of anilines is 2. The van der Waals surface area contributed by atoms with Gasteiger partial charge in [-0.15, -0.1) is 0 Å². The number of aromatic amines is 1. The predicted molar refractivity (Wildman–Crippen MR) is 113 cm³/mol. The van der Waals surface area contributed by atoms with Crippen molar-refractivity contribution in [3.8, 4) is 0 Å². The number of aromatic nitrogens is 2. The monoisotopic (exact) mass is 380 g/mol. The summed E-state index contributed by atoms with van der Waals surface area (Å²) in [6, 6.07) is 18.3. The van der Waals surface area contributed by atoms with Gasteiger partial charge in [0.25, 0.3) is 11.8 Å². The van der Waals surface area contributed by atoms with Crippen LogP contribution in [-0.2, 0) is 4.79 Å². The second-order valence-electron chi connectivity index (χ2n) is 6.74. The van der Waals surface area contributed by atoms with Crippen molar-refractivity contribution in [3.63, 3.8) is 0 Å². The van der Waals surface area contributed by atoms with Crippen LogP contribution in [0.2, 0.25) is 0 Å². The first-order chi connectivity index (χ1) is 14.2. The molecule has 1 aliphatic heterocycles. The molecule has 6 heteroatoms. The maximum absolute atomic E-state index is 12.6. The topological polar surface area (TPSA) is 86.9 Å². The van der Waals surface area contributed by atoms with E-state index in [-0.39, 0.29) is 11.8 Å². The van der Waals surface area contributed by atoms with Gasteiger partial charge in [0, 0.05) is 51.4 Å². The van der Waals surface area contributed by atoms with E-state index in [2.05, 4.69) is 20.6 Å². The van der Waals surface area contributed by atoms with Crippen molar-refractivity contribution in [2.24, 2.45) is 0 Å². The number of hydrogen-bond acceptors (Lipinski definition) is 3. The average molecular weight is 380 g/mol. The first-order valence-corrected chi connectivity index (χ1v) is 9.15. The summed E-state index contributed by atoms with van der Waals surface area (Å²) in [6.45, 7) is 0. The minimum Gasteiger partial charge on any atom is -0.346 e. The van der Waals surface area contributed by atoms with Crippen LogP contribution in [0.25, 0.3) is 22.7 Å². The Morgan fingerprint density at radius 2 is 1.90 bits per heavy atom. The van der Waals surface area contributed by atoms with E-state index in [1.807, 2.05) is 54.7 Å². The molecule has 0 unspecified atom stereocenters. The maximum Gasteiger partial charge on any atom is 0.256 e. The first-order valence-electron chi connectivity index (χ1n) is 9.15. The second-order valence-corrected chi connectivity index (χ2v) is 6.74. The number of nitrogens with zero attached hydrogens (tertiary/aromatic N) is 1. The lowest BCUT2D eigenvalue weighted by Crippen LogP contribution is -2.11. The Morgan fingerprint density at radius 3 is 2.76 bits per heavy atom. The van der Waals surface area contributed by atoms with Gasteiger partial charge in [-0.3, -0.25) is 9.59 Å². The fraction of sp³-hybridized carbons (Fsp3) is 0. The van der Waals surface area contributed by atoms with E-state index in [1.54, 1.807) is 24.4 Å². The average Bonchev–Trinajstić information content (AvgIpc) is 3.29. The third-order valence-electron chi connectivity index (χ3n) is 4.88. The Labute approximate surface area is 166 Å². The van der Waals surface area contributed by atoms with Gasteiger partial charge in [-0.2, -0.15) is 0 Å². The molecule has 29 heavy (non-hydrogen) atoms. The summed E-state index contributed by atoms with van der Waals surface area (Å²) in [5, 5.41) is 6.66. The standard InChI is InChI=1S/C23H16N4O2/c28-22(26-16-5-2-1-3-6-16)14-8-9-20-18(11-14)19(23(29)27-20)12-15-13-25-21-17(15)7-4-10-24-21/h1-13H,(H,24,25)(H,26,28)(H,27,29)/b19-12+. The van der Waals surface area contributed by atoms with Gasteiger partial charge in [0.2, 0.25) is 0 Å². The maximum atomic E-state index is 12.6. The molecule has 0 spiro atoms. The van der Waals surface area contributed by atoms with Crippen molar-refractivity contribution in [1.29, 1.82) is 0 Å². The number of carbonyl (C=O) groups is 2. The van der Waals surface area contributed by atoms with Crippen molar-refractivity contribution in [2.45, 2.75) is 0 Å². The summed E-state index contributed by atoms with van der Waals surface area (Å²) >= 11 is 0. The number of rotatable bonds is 3. The third kappa shape index (κ3) is 3.06. The molecule has 0 bridgehead atoms. The van der Waals surface area contributed by atoms with E-state index in [0.717, 1.165) is 16.6 Å². The van der Waals surface area contributed by atoms with Gasteiger partial charge in [-0.25, -0.2) is 4.98 Å². The first kappa shape index (κ1) is 16.9. The van der Waals surface area contributed by atoms with E-state index in [4.69, 9.17) is 0 Å². The molecule has 4 aromatic rings. The van der Waals surface area contributed by atoms with Crippen LogP contribution in [-0.4, -0.2) is 21.8 Å². The number of benzene rings is 2. The van der Waals surface area contributed by atoms with Crippen LogP contribution in [0.15, 0.2) is 73.1 Å². The molecule has 3 N–H and O–H groups in total. The van der Waals surface area contributed by atoms with Crippen molar-refractivity contribution in [1.82, 2.24) is 9.97 Å². The lowest BCUT2D eigenvalue weighted by Gasteiger charge is -2.07. The van der Waals surface area contributed by atoms with Gasteiger partial charge < -0.3 is 15.6 Å². The van der Waals surface area contributed by atoms with Gasteiger partial charge in [-0.1, -0.05) is 18.2 Å². The number of carbonyl (C=O) groups excluding carboxylic acids is 2. The summed E-state index contributed by atoms with van der Waals surface area (Å²) in [5.74, 6) is -0.423. The van der Waals surface area contributed by atoms with E-state index in [1.165, 1.54) is 0 Å². The SMILES string of the molecule is O=C1Nc2ccc(C(=O)Nc3ccccc3)cc2/C1=C\c1c[nH]c2ncccc12. The molecule has 5 rings (SSSR count). The molecule has 2 amide bonds.